The van der Waals surface area contributed by atoms with Gasteiger partial charge in [0.25, 0.3) is 0 Å². The Hall–Kier alpha value is -1.33. The average molecular weight is 282 g/mol. The number of hydrogen-bond acceptors (Lipinski definition) is 4. The maximum atomic E-state index is 13.0. The molecule has 1 aliphatic rings. The SMILES string of the molecule is COc1ccc(OC)c([C@@H](CCF)N2CCNCC2)c1. The molecule has 4 nitrogen and oxygen atoms in total. The van der Waals surface area contributed by atoms with Gasteiger partial charge < -0.3 is 14.8 Å². The molecule has 1 N–H and O–H groups in total. The summed E-state index contributed by atoms with van der Waals surface area (Å²) in [6.45, 7) is 3.38. The highest BCUT2D eigenvalue weighted by Crippen LogP contribution is 2.34. The molecule has 112 valence electrons. The topological polar surface area (TPSA) is 33.7 Å². The molecule has 0 unspecified atom stereocenters. The van der Waals surface area contributed by atoms with Gasteiger partial charge in [0.2, 0.25) is 0 Å². The van der Waals surface area contributed by atoms with Gasteiger partial charge in [0.15, 0.2) is 0 Å². The summed E-state index contributed by atoms with van der Waals surface area (Å²) in [5, 5.41) is 3.32. The van der Waals surface area contributed by atoms with Gasteiger partial charge in [-0.05, 0) is 24.6 Å². The summed E-state index contributed by atoms with van der Waals surface area (Å²) in [7, 11) is 3.29. The van der Waals surface area contributed by atoms with Crippen molar-refractivity contribution < 1.29 is 13.9 Å². The molecule has 1 atom stereocenters. The molecule has 2 rings (SSSR count). The highest BCUT2D eigenvalue weighted by Gasteiger charge is 2.25. The Balaban J connectivity index is 2.30. The second kappa shape index (κ2) is 7.45. The van der Waals surface area contributed by atoms with Crippen molar-refractivity contribution in [2.45, 2.75) is 12.5 Å². The van der Waals surface area contributed by atoms with Crippen LogP contribution in [0.15, 0.2) is 18.2 Å². The van der Waals surface area contributed by atoms with E-state index < -0.39 is 0 Å². The van der Waals surface area contributed by atoms with E-state index >= 15 is 0 Å². The molecule has 0 aliphatic carbocycles. The van der Waals surface area contributed by atoms with E-state index in [0.717, 1.165) is 43.2 Å². The predicted molar refractivity (Wildman–Crippen MR) is 77.3 cm³/mol. The van der Waals surface area contributed by atoms with Crippen LogP contribution in [0.1, 0.15) is 18.0 Å². The molecule has 0 spiro atoms. The molecular formula is C15H23FN2O2. The Labute approximate surface area is 119 Å². The molecular weight excluding hydrogens is 259 g/mol. The third-order valence-electron chi connectivity index (χ3n) is 3.77. The third kappa shape index (κ3) is 3.41. The molecule has 20 heavy (non-hydrogen) atoms. The number of piperazine rings is 1. The van der Waals surface area contributed by atoms with Crippen molar-refractivity contribution in [2.24, 2.45) is 0 Å². The van der Waals surface area contributed by atoms with Crippen molar-refractivity contribution in [1.82, 2.24) is 10.2 Å². The van der Waals surface area contributed by atoms with Crippen LogP contribution in [0.3, 0.4) is 0 Å². The maximum absolute atomic E-state index is 13.0. The molecule has 1 heterocycles. The zero-order chi connectivity index (χ0) is 14.4. The second-order valence-electron chi connectivity index (χ2n) is 4.89. The fraction of sp³-hybridized carbons (Fsp3) is 0.600. The summed E-state index contributed by atoms with van der Waals surface area (Å²) in [6, 6.07) is 5.75. The second-order valence-corrected chi connectivity index (χ2v) is 4.89. The molecule has 1 fully saturated rings. The van der Waals surface area contributed by atoms with E-state index in [1.807, 2.05) is 18.2 Å². The van der Waals surface area contributed by atoms with Crippen molar-refractivity contribution in [1.29, 1.82) is 0 Å². The van der Waals surface area contributed by atoms with Crippen LogP contribution < -0.4 is 14.8 Å². The van der Waals surface area contributed by atoms with Gasteiger partial charge in [-0.15, -0.1) is 0 Å². The lowest BCUT2D eigenvalue weighted by molar-refractivity contribution is 0.154. The van der Waals surface area contributed by atoms with Crippen molar-refractivity contribution >= 4 is 0 Å². The lowest BCUT2D eigenvalue weighted by Crippen LogP contribution is -2.45. The maximum Gasteiger partial charge on any atom is 0.123 e. The van der Waals surface area contributed by atoms with Crippen LogP contribution >= 0.6 is 0 Å². The molecule has 0 amide bonds. The quantitative estimate of drug-likeness (QED) is 0.865. The van der Waals surface area contributed by atoms with Crippen molar-refractivity contribution in [3.05, 3.63) is 23.8 Å². The molecule has 0 saturated carbocycles. The number of benzene rings is 1. The van der Waals surface area contributed by atoms with Crippen molar-refractivity contribution in [3.8, 4) is 11.5 Å². The number of nitrogens with one attached hydrogen (secondary N) is 1. The zero-order valence-electron chi connectivity index (χ0n) is 12.2. The van der Waals surface area contributed by atoms with E-state index in [4.69, 9.17) is 9.47 Å². The number of rotatable bonds is 6. The van der Waals surface area contributed by atoms with Gasteiger partial charge in [0.05, 0.1) is 20.9 Å². The summed E-state index contributed by atoms with van der Waals surface area (Å²) in [4.78, 5) is 2.31. The monoisotopic (exact) mass is 282 g/mol. The summed E-state index contributed by atoms with van der Waals surface area (Å²) < 4.78 is 23.7. The average Bonchev–Trinajstić information content (AvgIpc) is 2.53. The lowest BCUT2D eigenvalue weighted by atomic mass is 10.00. The van der Waals surface area contributed by atoms with Crippen molar-refractivity contribution in [2.75, 3.05) is 47.1 Å². The minimum absolute atomic E-state index is 0.0344. The number of methoxy groups -OCH3 is 2. The third-order valence-corrected chi connectivity index (χ3v) is 3.77. The predicted octanol–water partition coefficient (Wildman–Crippen LogP) is 2.01. The van der Waals surface area contributed by atoms with Crippen LogP contribution in [0.2, 0.25) is 0 Å². The molecule has 0 aromatic heterocycles. The number of alkyl halides is 1. The molecule has 0 bridgehead atoms. The molecule has 1 aliphatic heterocycles. The first-order valence-corrected chi connectivity index (χ1v) is 7.02. The van der Waals surface area contributed by atoms with Gasteiger partial charge in [-0.25, -0.2) is 0 Å². The first-order chi connectivity index (χ1) is 9.80. The largest absolute Gasteiger partial charge is 0.497 e. The molecule has 0 radical (unpaired) electrons. The van der Waals surface area contributed by atoms with Crippen LogP contribution in [0, 0.1) is 0 Å². The Morgan fingerprint density at radius 3 is 2.60 bits per heavy atom. The van der Waals surface area contributed by atoms with E-state index in [2.05, 4.69) is 10.2 Å². The van der Waals surface area contributed by atoms with Crippen LogP contribution in [-0.4, -0.2) is 52.0 Å². The first-order valence-electron chi connectivity index (χ1n) is 7.02. The van der Waals surface area contributed by atoms with E-state index in [0.29, 0.717) is 6.42 Å². The Morgan fingerprint density at radius 1 is 1.25 bits per heavy atom. The highest BCUT2D eigenvalue weighted by atomic mass is 19.1. The Morgan fingerprint density at radius 2 is 2.00 bits per heavy atom. The van der Waals surface area contributed by atoms with E-state index in [9.17, 15) is 4.39 Å². The number of ether oxygens (including phenoxy) is 2. The van der Waals surface area contributed by atoms with Gasteiger partial charge in [0, 0.05) is 37.8 Å². The van der Waals surface area contributed by atoms with Gasteiger partial charge in [0.1, 0.15) is 11.5 Å². The minimum atomic E-state index is -0.338. The first kappa shape index (κ1) is 15.1. The highest BCUT2D eigenvalue weighted by molar-refractivity contribution is 5.42. The number of halogens is 1. The summed E-state index contributed by atoms with van der Waals surface area (Å²) in [5.41, 5.74) is 1.01. The zero-order valence-corrected chi connectivity index (χ0v) is 12.2. The summed E-state index contributed by atoms with van der Waals surface area (Å²) >= 11 is 0. The molecule has 1 saturated heterocycles. The van der Waals surface area contributed by atoms with Gasteiger partial charge in [-0.3, -0.25) is 9.29 Å². The van der Waals surface area contributed by atoms with E-state index in [1.54, 1.807) is 14.2 Å². The molecule has 5 heteroatoms. The summed E-state index contributed by atoms with van der Waals surface area (Å²) in [5.74, 6) is 1.57. The Bertz CT molecular complexity index is 422. The van der Waals surface area contributed by atoms with Gasteiger partial charge in [-0.2, -0.15) is 0 Å². The van der Waals surface area contributed by atoms with Crippen LogP contribution in [0.5, 0.6) is 11.5 Å². The standard InChI is InChI=1S/C15H23FN2O2/c1-19-12-3-4-15(20-2)13(11-12)14(5-6-16)18-9-7-17-8-10-18/h3-4,11,14,17H,5-10H2,1-2H3/t14-/m1/s1. The van der Waals surface area contributed by atoms with Crippen molar-refractivity contribution in [3.63, 3.8) is 0 Å². The molecule has 1 aromatic rings. The Kier molecular flexibility index (Phi) is 5.61. The fourth-order valence-electron chi connectivity index (χ4n) is 2.73. The fourth-order valence-corrected chi connectivity index (χ4v) is 2.73. The normalized spacial score (nSPS) is 17.8. The minimum Gasteiger partial charge on any atom is -0.497 e. The number of hydrogen-bond donors (Lipinski definition) is 1. The lowest BCUT2D eigenvalue weighted by Gasteiger charge is -2.35. The summed E-state index contributed by atoms with van der Waals surface area (Å²) in [6.07, 6.45) is 0.476. The van der Waals surface area contributed by atoms with Crippen LogP contribution in [-0.2, 0) is 0 Å². The van der Waals surface area contributed by atoms with Gasteiger partial charge in [-0.1, -0.05) is 0 Å². The number of nitrogens with zero attached hydrogens (tertiary/aromatic N) is 1. The smallest absolute Gasteiger partial charge is 0.123 e. The van der Waals surface area contributed by atoms with Crippen LogP contribution in [0.4, 0.5) is 4.39 Å². The molecule has 1 aromatic carbocycles. The van der Waals surface area contributed by atoms with E-state index in [1.165, 1.54) is 0 Å². The van der Waals surface area contributed by atoms with Gasteiger partial charge >= 0.3 is 0 Å². The van der Waals surface area contributed by atoms with E-state index in [-0.39, 0.29) is 12.7 Å². The van der Waals surface area contributed by atoms with Crippen LogP contribution in [0.25, 0.3) is 0 Å².